The quantitative estimate of drug-likeness (QED) is 0.886. The number of hydrogen-bond donors (Lipinski definition) is 1. The van der Waals surface area contributed by atoms with Crippen molar-refractivity contribution in [3.63, 3.8) is 0 Å². The summed E-state index contributed by atoms with van der Waals surface area (Å²) in [6.45, 7) is 5.55. The van der Waals surface area contributed by atoms with Gasteiger partial charge in [-0.1, -0.05) is 12.1 Å². The maximum atomic E-state index is 5.92. The van der Waals surface area contributed by atoms with E-state index in [-0.39, 0.29) is 0 Å². The van der Waals surface area contributed by atoms with Crippen LogP contribution in [0.1, 0.15) is 31.7 Å². The fourth-order valence-electron chi connectivity index (χ4n) is 3.00. The predicted molar refractivity (Wildman–Crippen MR) is 79.3 cm³/mol. The smallest absolute Gasteiger partial charge is 0.118 e. The molecule has 0 aliphatic carbocycles. The molecule has 2 N–H and O–H groups in total. The van der Waals surface area contributed by atoms with Gasteiger partial charge in [0.15, 0.2) is 0 Å². The summed E-state index contributed by atoms with van der Waals surface area (Å²) >= 11 is 0. The van der Waals surface area contributed by atoms with E-state index >= 15 is 0 Å². The minimum absolute atomic E-state index is 0.325. The molecule has 106 valence electrons. The Bertz CT molecular complexity index is 375. The first-order chi connectivity index (χ1) is 9.17. The van der Waals surface area contributed by atoms with Gasteiger partial charge in [-0.15, -0.1) is 0 Å². The number of piperidine rings is 1. The van der Waals surface area contributed by atoms with Crippen molar-refractivity contribution in [1.29, 1.82) is 0 Å². The van der Waals surface area contributed by atoms with Crippen LogP contribution in [0.2, 0.25) is 0 Å². The molecule has 2 atom stereocenters. The number of ether oxygens (including phenoxy) is 1. The Kier molecular flexibility index (Phi) is 5.23. The minimum atomic E-state index is 0.325. The molecule has 3 nitrogen and oxygen atoms in total. The average Bonchev–Trinajstić information content (AvgIpc) is 2.39. The Hall–Kier alpha value is -1.06. The molecule has 0 spiro atoms. The number of nitrogens with zero attached hydrogens (tertiary/aromatic N) is 1. The second kappa shape index (κ2) is 6.92. The second-order valence-electron chi connectivity index (χ2n) is 5.80. The van der Waals surface area contributed by atoms with Crippen LogP contribution in [0.3, 0.4) is 0 Å². The Morgan fingerprint density at radius 2 is 2.11 bits per heavy atom. The molecular formula is C16H26N2O. The first kappa shape index (κ1) is 14.4. The van der Waals surface area contributed by atoms with Crippen LogP contribution < -0.4 is 10.5 Å². The van der Waals surface area contributed by atoms with Crippen LogP contribution in [0, 0.1) is 5.92 Å². The zero-order chi connectivity index (χ0) is 13.7. The number of methoxy groups -OCH3 is 1. The van der Waals surface area contributed by atoms with Gasteiger partial charge < -0.3 is 10.5 Å². The van der Waals surface area contributed by atoms with E-state index in [1.54, 1.807) is 7.11 Å². The largest absolute Gasteiger partial charge is 0.497 e. The zero-order valence-electron chi connectivity index (χ0n) is 12.1. The highest BCUT2D eigenvalue weighted by atomic mass is 16.5. The first-order valence-corrected chi connectivity index (χ1v) is 7.28. The van der Waals surface area contributed by atoms with Gasteiger partial charge in [0, 0.05) is 19.1 Å². The van der Waals surface area contributed by atoms with Crippen molar-refractivity contribution in [2.75, 3.05) is 20.2 Å². The molecule has 0 amide bonds. The number of rotatable bonds is 5. The van der Waals surface area contributed by atoms with Crippen LogP contribution in [0.15, 0.2) is 24.3 Å². The molecule has 2 unspecified atom stereocenters. The molecule has 1 aromatic carbocycles. The summed E-state index contributed by atoms with van der Waals surface area (Å²) in [6, 6.07) is 8.73. The van der Waals surface area contributed by atoms with E-state index in [1.165, 1.54) is 31.5 Å². The lowest BCUT2D eigenvalue weighted by Crippen LogP contribution is -2.37. The summed E-state index contributed by atoms with van der Waals surface area (Å²) in [6.07, 6.45) is 3.79. The molecular weight excluding hydrogens is 236 g/mol. The third-order valence-corrected chi connectivity index (χ3v) is 3.87. The summed E-state index contributed by atoms with van der Waals surface area (Å²) in [5.41, 5.74) is 7.28. The summed E-state index contributed by atoms with van der Waals surface area (Å²) in [4.78, 5) is 2.55. The normalized spacial score (nSPS) is 22.2. The third-order valence-electron chi connectivity index (χ3n) is 3.87. The van der Waals surface area contributed by atoms with Crippen molar-refractivity contribution in [2.24, 2.45) is 11.7 Å². The van der Waals surface area contributed by atoms with Gasteiger partial charge in [-0.2, -0.15) is 0 Å². The summed E-state index contributed by atoms with van der Waals surface area (Å²) < 4.78 is 5.19. The number of benzene rings is 1. The van der Waals surface area contributed by atoms with Gasteiger partial charge in [-0.25, -0.2) is 0 Å². The van der Waals surface area contributed by atoms with Crippen molar-refractivity contribution in [3.05, 3.63) is 29.8 Å². The van der Waals surface area contributed by atoms with Crippen molar-refractivity contribution >= 4 is 0 Å². The fraction of sp³-hybridized carbons (Fsp3) is 0.625. The van der Waals surface area contributed by atoms with Crippen molar-refractivity contribution in [1.82, 2.24) is 4.90 Å². The van der Waals surface area contributed by atoms with Gasteiger partial charge in [-0.3, -0.25) is 4.90 Å². The highest BCUT2D eigenvalue weighted by Crippen LogP contribution is 2.22. The van der Waals surface area contributed by atoms with Crippen LogP contribution >= 0.6 is 0 Å². The highest BCUT2D eigenvalue weighted by molar-refractivity contribution is 5.27. The van der Waals surface area contributed by atoms with Gasteiger partial charge >= 0.3 is 0 Å². The monoisotopic (exact) mass is 262 g/mol. The fourth-order valence-corrected chi connectivity index (χ4v) is 3.00. The molecule has 3 heteroatoms. The molecule has 1 saturated heterocycles. The molecule has 19 heavy (non-hydrogen) atoms. The second-order valence-corrected chi connectivity index (χ2v) is 5.80. The Labute approximate surface area is 116 Å². The predicted octanol–water partition coefficient (Wildman–Crippen LogP) is 2.64. The lowest BCUT2D eigenvalue weighted by Gasteiger charge is -2.33. The molecule has 1 fully saturated rings. The summed E-state index contributed by atoms with van der Waals surface area (Å²) in [5, 5.41) is 0. The SMILES string of the molecule is COc1ccc(CN2CCCC(CC(C)N)C2)cc1. The molecule has 0 saturated carbocycles. The lowest BCUT2D eigenvalue weighted by atomic mass is 9.92. The lowest BCUT2D eigenvalue weighted by molar-refractivity contribution is 0.158. The van der Waals surface area contributed by atoms with Crippen LogP contribution in [0.25, 0.3) is 0 Å². The Balaban J connectivity index is 1.87. The third kappa shape index (κ3) is 4.51. The highest BCUT2D eigenvalue weighted by Gasteiger charge is 2.20. The van der Waals surface area contributed by atoms with Crippen molar-refractivity contribution in [3.8, 4) is 5.75 Å². The number of nitrogens with two attached hydrogens (primary N) is 1. The Morgan fingerprint density at radius 3 is 2.74 bits per heavy atom. The average molecular weight is 262 g/mol. The zero-order valence-corrected chi connectivity index (χ0v) is 12.1. The molecule has 0 aromatic heterocycles. The summed E-state index contributed by atoms with van der Waals surface area (Å²) in [7, 11) is 1.71. The van der Waals surface area contributed by atoms with E-state index in [9.17, 15) is 0 Å². The topological polar surface area (TPSA) is 38.5 Å². The van der Waals surface area contributed by atoms with Gasteiger partial charge in [0.05, 0.1) is 7.11 Å². The van der Waals surface area contributed by atoms with Crippen LogP contribution in [0.5, 0.6) is 5.75 Å². The standard InChI is InChI=1S/C16H26N2O/c1-13(17)10-15-4-3-9-18(12-15)11-14-5-7-16(19-2)8-6-14/h5-8,13,15H,3-4,9-12,17H2,1-2H3. The van der Waals surface area contributed by atoms with Crippen molar-refractivity contribution < 1.29 is 4.74 Å². The van der Waals surface area contributed by atoms with E-state index in [1.807, 2.05) is 12.1 Å². The Morgan fingerprint density at radius 1 is 1.37 bits per heavy atom. The maximum absolute atomic E-state index is 5.92. The van der Waals surface area contributed by atoms with E-state index in [0.29, 0.717) is 6.04 Å². The number of hydrogen-bond acceptors (Lipinski definition) is 3. The van der Waals surface area contributed by atoms with E-state index in [4.69, 9.17) is 10.5 Å². The maximum Gasteiger partial charge on any atom is 0.118 e. The molecule has 2 rings (SSSR count). The van der Waals surface area contributed by atoms with Gasteiger partial charge in [0.1, 0.15) is 5.75 Å². The molecule has 1 aliphatic heterocycles. The van der Waals surface area contributed by atoms with Gasteiger partial charge in [0.2, 0.25) is 0 Å². The number of likely N-dealkylation sites (tertiary alicyclic amines) is 1. The van der Waals surface area contributed by atoms with Gasteiger partial charge in [0.25, 0.3) is 0 Å². The molecule has 1 aromatic rings. The van der Waals surface area contributed by atoms with E-state index in [0.717, 1.165) is 24.6 Å². The van der Waals surface area contributed by atoms with Crippen LogP contribution in [-0.4, -0.2) is 31.1 Å². The molecule has 1 aliphatic rings. The first-order valence-electron chi connectivity index (χ1n) is 7.28. The van der Waals surface area contributed by atoms with E-state index < -0.39 is 0 Å². The molecule has 1 heterocycles. The van der Waals surface area contributed by atoms with Crippen LogP contribution in [0.4, 0.5) is 0 Å². The van der Waals surface area contributed by atoms with Crippen molar-refractivity contribution in [2.45, 2.75) is 38.8 Å². The minimum Gasteiger partial charge on any atom is -0.497 e. The summed E-state index contributed by atoms with van der Waals surface area (Å²) in [5.74, 6) is 1.70. The van der Waals surface area contributed by atoms with Gasteiger partial charge in [-0.05, 0) is 56.3 Å². The van der Waals surface area contributed by atoms with Crippen LogP contribution in [-0.2, 0) is 6.54 Å². The molecule has 0 radical (unpaired) electrons. The van der Waals surface area contributed by atoms with E-state index in [2.05, 4.69) is 24.0 Å². The molecule has 0 bridgehead atoms.